The highest BCUT2D eigenvalue weighted by Crippen LogP contribution is 2.32. The van der Waals surface area contributed by atoms with E-state index in [1.165, 1.54) is 6.07 Å². The number of benzene rings is 1. The van der Waals surface area contributed by atoms with E-state index < -0.39 is 17.7 Å². The molecule has 0 fully saturated rings. The molecule has 0 aliphatic carbocycles. The second-order valence-electron chi connectivity index (χ2n) is 3.94. The van der Waals surface area contributed by atoms with Crippen LogP contribution in [0.25, 0.3) is 0 Å². The molecule has 106 valence electrons. The van der Waals surface area contributed by atoms with Crippen molar-refractivity contribution in [2.75, 3.05) is 13.7 Å². The molecule has 0 saturated carbocycles. The number of rotatable bonds is 5. The Balaban J connectivity index is 3.06. The third-order valence-electron chi connectivity index (χ3n) is 2.42. The highest BCUT2D eigenvalue weighted by atomic mass is 19.4. The first-order chi connectivity index (χ1) is 8.88. The zero-order valence-corrected chi connectivity index (χ0v) is 10.7. The predicted octanol–water partition coefficient (Wildman–Crippen LogP) is 3.67. The summed E-state index contributed by atoms with van der Waals surface area (Å²) in [7, 11) is 1.11. The summed E-state index contributed by atoms with van der Waals surface area (Å²) in [5.74, 6) is -0.810. The average molecular weight is 276 g/mol. The van der Waals surface area contributed by atoms with Crippen molar-refractivity contribution in [3.63, 3.8) is 0 Å². The number of esters is 1. The fraction of sp³-hybridized carbons (Fsp3) is 0.462. The maximum Gasteiger partial charge on any atom is 0.416 e. The van der Waals surface area contributed by atoms with Crippen LogP contribution in [0.15, 0.2) is 18.2 Å². The number of hydrogen-bond acceptors (Lipinski definition) is 3. The molecule has 0 aromatic heterocycles. The number of ether oxygens (including phenoxy) is 2. The van der Waals surface area contributed by atoms with Crippen molar-refractivity contribution in [3.05, 3.63) is 29.3 Å². The highest BCUT2D eigenvalue weighted by molar-refractivity contribution is 5.90. The van der Waals surface area contributed by atoms with Gasteiger partial charge in [-0.15, -0.1) is 0 Å². The van der Waals surface area contributed by atoms with Crippen LogP contribution in [0.5, 0.6) is 5.75 Å². The molecular weight excluding hydrogens is 261 g/mol. The second-order valence-corrected chi connectivity index (χ2v) is 3.94. The van der Waals surface area contributed by atoms with Gasteiger partial charge in [0.2, 0.25) is 0 Å². The van der Waals surface area contributed by atoms with E-state index in [2.05, 4.69) is 4.74 Å². The van der Waals surface area contributed by atoms with Gasteiger partial charge in [-0.3, -0.25) is 0 Å². The minimum atomic E-state index is -4.53. The smallest absolute Gasteiger partial charge is 0.416 e. The maximum atomic E-state index is 12.7. The first kappa shape index (κ1) is 15.3. The van der Waals surface area contributed by atoms with Gasteiger partial charge in [0.15, 0.2) is 0 Å². The van der Waals surface area contributed by atoms with Gasteiger partial charge in [0.05, 0.1) is 24.8 Å². The number of carbonyl (C=O) groups excluding carboxylic acids is 1. The van der Waals surface area contributed by atoms with E-state index in [9.17, 15) is 18.0 Å². The number of unbranched alkanes of at least 4 members (excludes halogenated alkanes) is 1. The van der Waals surface area contributed by atoms with Crippen molar-refractivity contribution in [2.24, 2.45) is 0 Å². The van der Waals surface area contributed by atoms with Crippen LogP contribution >= 0.6 is 0 Å². The van der Waals surface area contributed by atoms with Crippen molar-refractivity contribution >= 4 is 5.97 Å². The molecule has 6 heteroatoms. The lowest BCUT2D eigenvalue weighted by atomic mass is 10.1. The lowest BCUT2D eigenvalue weighted by molar-refractivity contribution is -0.137. The Morgan fingerprint density at radius 3 is 2.47 bits per heavy atom. The molecule has 3 nitrogen and oxygen atoms in total. The Labute approximate surface area is 109 Å². The minimum Gasteiger partial charge on any atom is -0.494 e. The molecule has 0 amide bonds. The molecular formula is C13H15F3O3. The molecule has 1 aromatic carbocycles. The monoisotopic (exact) mass is 276 g/mol. The Bertz CT molecular complexity index is 441. The Morgan fingerprint density at radius 1 is 1.26 bits per heavy atom. The molecule has 0 saturated heterocycles. The van der Waals surface area contributed by atoms with Crippen molar-refractivity contribution in [2.45, 2.75) is 25.9 Å². The van der Waals surface area contributed by atoms with E-state index in [0.717, 1.165) is 32.1 Å². The summed E-state index contributed by atoms with van der Waals surface area (Å²) < 4.78 is 47.7. The summed E-state index contributed by atoms with van der Waals surface area (Å²) in [5.41, 5.74) is -1.11. The van der Waals surface area contributed by atoms with Crippen LogP contribution in [0.3, 0.4) is 0 Å². The van der Waals surface area contributed by atoms with Crippen LogP contribution in [0.2, 0.25) is 0 Å². The summed E-state index contributed by atoms with van der Waals surface area (Å²) in [6, 6.07) is 2.87. The van der Waals surface area contributed by atoms with Crippen molar-refractivity contribution in [1.82, 2.24) is 0 Å². The van der Waals surface area contributed by atoms with Gasteiger partial charge in [0.1, 0.15) is 5.75 Å². The van der Waals surface area contributed by atoms with E-state index >= 15 is 0 Å². The summed E-state index contributed by atoms with van der Waals surface area (Å²) in [5, 5.41) is 0. The van der Waals surface area contributed by atoms with Crippen molar-refractivity contribution in [3.8, 4) is 5.75 Å². The van der Waals surface area contributed by atoms with Crippen LogP contribution in [0.1, 0.15) is 35.7 Å². The number of hydrogen-bond donors (Lipinski definition) is 0. The van der Waals surface area contributed by atoms with E-state index in [1.807, 2.05) is 6.92 Å². The van der Waals surface area contributed by atoms with E-state index in [-0.39, 0.29) is 11.3 Å². The SMILES string of the molecule is CCCCOc1cc(C(=O)OC)cc(C(F)(F)F)c1. The van der Waals surface area contributed by atoms with Gasteiger partial charge in [0, 0.05) is 0 Å². The summed E-state index contributed by atoms with van der Waals surface area (Å²) in [4.78, 5) is 11.3. The lowest BCUT2D eigenvalue weighted by Gasteiger charge is -2.12. The number of halogens is 3. The van der Waals surface area contributed by atoms with Crippen LogP contribution < -0.4 is 4.74 Å². The molecule has 0 aliphatic heterocycles. The molecule has 0 heterocycles. The second kappa shape index (κ2) is 6.45. The molecule has 0 radical (unpaired) electrons. The maximum absolute atomic E-state index is 12.7. The molecule has 19 heavy (non-hydrogen) atoms. The summed E-state index contributed by atoms with van der Waals surface area (Å²) in [6.45, 7) is 2.24. The molecule has 0 aliphatic rings. The Hall–Kier alpha value is -1.72. The van der Waals surface area contributed by atoms with Gasteiger partial charge in [-0.05, 0) is 24.6 Å². The molecule has 0 N–H and O–H groups in total. The average Bonchev–Trinajstić information content (AvgIpc) is 2.36. The van der Waals surface area contributed by atoms with Crippen LogP contribution in [0.4, 0.5) is 13.2 Å². The van der Waals surface area contributed by atoms with Gasteiger partial charge in [-0.25, -0.2) is 4.79 Å². The van der Waals surface area contributed by atoms with E-state index in [0.29, 0.717) is 6.61 Å². The van der Waals surface area contributed by atoms with Crippen molar-refractivity contribution < 1.29 is 27.4 Å². The Morgan fingerprint density at radius 2 is 1.95 bits per heavy atom. The molecule has 1 aromatic rings. The highest BCUT2D eigenvalue weighted by Gasteiger charge is 2.32. The predicted molar refractivity (Wildman–Crippen MR) is 63.2 cm³/mol. The summed E-state index contributed by atoms with van der Waals surface area (Å²) in [6.07, 6.45) is -2.94. The standard InChI is InChI=1S/C13H15F3O3/c1-3-4-5-19-11-7-9(12(17)18-2)6-10(8-11)13(14,15)16/h6-8H,3-5H2,1-2H3. The van der Waals surface area contributed by atoms with Crippen LogP contribution in [-0.4, -0.2) is 19.7 Å². The van der Waals surface area contributed by atoms with Crippen LogP contribution in [-0.2, 0) is 10.9 Å². The van der Waals surface area contributed by atoms with Crippen molar-refractivity contribution in [1.29, 1.82) is 0 Å². The third-order valence-corrected chi connectivity index (χ3v) is 2.42. The minimum absolute atomic E-state index is 0.0173. The molecule has 1 rings (SSSR count). The normalized spacial score (nSPS) is 11.2. The zero-order valence-electron chi connectivity index (χ0n) is 10.7. The first-order valence-corrected chi connectivity index (χ1v) is 5.82. The largest absolute Gasteiger partial charge is 0.494 e. The molecule has 0 bridgehead atoms. The first-order valence-electron chi connectivity index (χ1n) is 5.82. The zero-order chi connectivity index (χ0) is 14.5. The van der Waals surface area contributed by atoms with Gasteiger partial charge in [0.25, 0.3) is 0 Å². The summed E-state index contributed by atoms with van der Waals surface area (Å²) >= 11 is 0. The molecule has 0 unspecified atom stereocenters. The van der Waals surface area contributed by atoms with E-state index in [1.54, 1.807) is 0 Å². The van der Waals surface area contributed by atoms with E-state index in [4.69, 9.17) is 4.74 Å². The third kappa shape index (κ3) is 4.46. The fourth-order valence-corrected chi connectivity index (χ4v) is 1.42. The fourth-order valence-electron chi connectivity index (χ4n) is 1.42. The van der Waals surface area contributed by atoms with Gasteiger partial charge in [-0.1, -0.05) is 13.3 Å². The molecule has 0 spiro atoms. The van der Waals surface area contributed by atoms with Crippen LogP contribution in [0, 0.1) is 0 Å². The number of alkyl halides is 3. The van der Waals surface area contributed by atoms with Gasteiger partial charge < -0.3 is 9.47 Å². The lowest BCUT2D eigenvalue weighted by Crippen LogP contribution is -2.10. The van der Waals surface area contributed by atoms with Gasteiger partial charge >= 0.3 is 12.1 Å². The Kier molecular flexibility index (Phi) is 5.20. The van der Waals surface area contributed by atoms with Gasteiger partial charge in [-0.2, -0.15) is 13.2 Å². The quantitative estimate of drug-likeness (QED) is 0.608. The number of carbonyl (C=O) groups is 1. The number of methoxy groups -OCH3 is 1. The topological polar surface area (TPSA) is 35.5 Å². The molecule has 0 atom stereocenters.